The first kappa shape index (κ1) is 18.2. The van der Waals surface area contributed by atoms with Gasteiger partial charge in [0.25, 0.3) is 5.56 Å². The van der Waals surface area contributed by atoms with E-state index in [1.54, 1.807) is 22.0 Å². The summed E-state index contributed by atoms with van der Waals surface area (Å²) >= 11 is 2.75. The van der Waals surface area contributed by atoms with Gasteiger partial charge >= 0.3 is 0 Å². The zero-order chi connectivity index (χ0) is 18.5. The molecule has 6 nitrogen and oxygen atoms in total. The van der Waals surface area contributed by atoms with Gasteiger partial charge in [0.15, 0.2) is 15.0 Å². The molecule has 0 radical (unpaired) electrons. The first-order chi connectivity index (χ1) is 12.4. The van der Waals surface area contributed by atoms with Crippen LogP contribution in [0.1, 0.15) is 23.3 Å². The van der Waals surface area contributed by atoms with Gasteiger partial charge in [0.2, 0.25) is 0 Å². The minimum Gasteiger partial charge on any atom is -0.391 e. The summed E-state index contributed by atoms with van der Waals surface area (Å²) in [5.41, 5.74) is 1.04. The number of nitrogens with zero attached hydrogens (tertiary/aromatic N) is 2. The summed E-state index contributed by atoms with van der Waals surface area (Å²) in [6, 6.07) is 0. The molecular formula is C17H20N2O4S3. The number of allylic oxidation sites excluding steroid dienone is 1. The first-order valence-electron chi connectivity index (χ1n) is 8.61. The van der Waals surface area contributed by atoms with E-state index in [0.717, 1.165) is 36.1 Å². The lowest BCUT2D eigenvalue weighted by molar-refractivity contribution is 0.207. The third-order valence-electron chi connectivity index (χ3n) is 4.88. The molecule has 1 aliphatic carbocycles. The molecule has 9 heteroatoms. The fourth-order valence-corrected chi connectivity index (χ4v) is 8.53. The zero-order valence-electron chi connectivity index (χ0n) is 14.2. The molecule has 2 aromatic heterocycles. The minimum atomic E-state index is -3.25. The number of aliphatic hydroxyl groups is 1. The molecule has 1 saturated heterocycles. The number of thioether (sulfide) groups is 1. The number of sulfone groups is 1. The normalized spacial score (nSPS) is 24.7. The minimum absolute atomic E-state index is 0.0906. The van der Waals surface area contributed by atoms with E-state index in [-0.39, 0.29) is 17.1 Å². The van der Waals surface area contributed by atoms with Crippen molar-refractivity contribution >= 4 is 43.2 Å². The van der Waals surface area contributed by atoms with Crippen LogP contribution in [0.5, 0.6) is 0 Å². The van der Waals surface area contributed by atoms with Crippen molar-refractivity contribution in [2.24, 2.45) is 0 Å². The van der Waals surface area contributed by atoms with Crippen molar-refractivity contribution in [2.45, 2.75) is 48.7 Å². The summed E-state index contributed by atoms with van der Waals surface area (Å²) in [6.45, 7) is 4.03. The second-order valence-electron chi connectivity index (χ2n) is 6.79. The van der Waals surface area contributed by atoms with Crippen LogP contribution in [-0.2, 0) is 29.2 Å². The van der Waals surface area contributed by atoms with E-state index in [1.165, 1.54) is 16.6 Å². The molecule has 0 bridgehead atoms. The quantitative estimate of drug-likeness (QED) is 0.608. The van der Waals surface area contributed by atoms with Gasteiger partial charge in [0.05, 0.1) is 28.2 Å². The van der Waals surface area contributed by atoms with Gasteiger partial charge in [-0.3, -0.25) is 9.36 Å². The Morgan fingerprint density at radius 2 is 2.12 bits per heavy atom. The Hall–Kier alpha value is -1.16. The summed E-state index contributed by atoms with van der Waals surface area (Å²) in [5.74, 6) is -0.326. The summed E-state index contributed by atoms with van der Waals surface area (Å²) < 4.78 is 25.1. The fraction of sp³-hybridized carbons (Fsp3) is 0.529. The second-order valence-corrected chi connectivity index (χ2v) is 11.2. The van der Waals surface area contributed by atoms with E-state index in [4.69, 9.17) is 4.98 Å². The van der Waals surface area contributed by atoms with E-state index in [0.29, 0.717) is 17.1 Å². The lowest BCUT2D eigenvalue weighted by atomic mass is 9.97. The van der Waals surface area contributed by atoms with Gasteiger partial charge in [-0.25, -0.2) is 13.4 Å². The number of rotatable bonds is 4. The molecule has 0 unspecified atom stereocenters. The third-order valence-corrected chi connectivity index (χ3v) is 9.30. The Labute approximate surface area is 159 Å². The Kier molecular flexibility index (Phi) is 4.75. The summed E-state index contributed by atoms with van der Waals surface area (Å²) in [7, 11) is -3.25. The molecule has 2 aromatic rings. The lowest BCUT2D eigenvalue weighted by Crippen LogP contribution is -2.26. The molecule has 2 aliphatic rings. The van der Waals surface area contributed by atoms with Crippen LogP contribution in [0.3, 0.4) is 0 Å². The van der Waals surface area contributed by atoms with Gasteiger partial charge in [-0.15, -0.1) is 17.9 Å². The molecule has 0 saturated carbocycles. The zero-order valence-corrected chi connectivity index (χ0v) is 16.6. The molecule has 3 heterocycles. The summed E-state index contributed by atoms with van der Waals surface area (Å²) in [6.07, 6.45) is 4.81. The Balaban J connectivity index is 1.82. The molecule has 0 amide bonds. The summed E-state index contributed by atoms with van der Waals surface area (Å²) in [4.78, 5) is 19.8. The van der Waals surface area contributed by atoms with Gasteiger partial charge in [0.1, 0.15) is 4.83 Å². The highest BCUT2D eigenvalue weighted by molar-refractivity contribution is 8.01. The molecule has 1 fully saturated rings. The second kappa shape index (κ2) is 6.78. The van der Waals surface area contributed by atoms with Crippen LogP contribution in [-0.4, -0.2) is 45.9 Å². The van der Waals surface area contributed by atoms with Crippen LogP contribution in [0, 0.1) is 0 Å². The first-order valence-corrected chi connectivity index (χ1v) is 12.1. The van der Waals surface area contributed by atoms with E-state index in [2.05, 4.69) is 6.58 Å². The average Bonchev–Trinajstić information content (AvgIpc) is 3.07. The SMILES string of the molecule is C=CCn1c(S[C@@H]2CS(=O)(=O)C[C@@H]2O)nc2sc3c(c2c1=O)CCCC3. The monoisotopic (exact) mass is 412 g/mol. The maximum Gasteiger partial charge on any atom is 0.263 e. The van der Waals surface area contributed by atoms with Crippen molar-refractivity contribution in [2.75, 3.05) is 11.5 Å². The van der Waals surface area contributed by atoms with Crippen LogP contribution in [0.25, 0.3) is 10.2 Å². The Morgan fingerprint density at radius 3 is 2.81 bits per heavy atom. The molecule has 2 atom stereocenters. The van der Waals surface area contributed by atoms with Gasteiger partial charge < -0.3 is 5.11 Å². The number of fused-ring (bicyclic) bond motifs is 3. The van der Waals surface area contributed by atoms with Crippen LogP contribution in [0.2, 0.25) is 0 Å². The van der Waals surface area contributed by atoms with E-state index >= 15 is 0 Å². The highest BCUT2D eigenvalue weighted by Gasteiger charge is 2.38. The van der Waals surface area contributed by atoms with Crippen molar-refractivity contribution in [1.82, 2.24) is 9.55 Å². The predicted molar refractivity (Wildman–Crippen MR) is 105 cm³/mol. The smallest absolute Gasteiger partial charge is 0.263 e. The maximum atomic E-state index is 13.1. The lowest BCUT2D eigenvalue weighted by Gasteiger charge is -2.16. The fourth-order valence-electron chi connectivity index (χ4n) is 3.64. The van der Waals surface area contributed by atoms with E-state index in [9.17, 15) is 18.3 Å². The van der Waals surface area contributed by atoms with E-state index < -0.39 is 21.2 Å². The molecule has 1 N–H and O–H groups in total. The van der Waals surface area contributed by atoms with Crippen molar-refractivity contribution in [3.63, 3.8) is 0 Å². The standard InChI is InChI=1S/C17H20N2O4S3/c1-2-7-19-16(21)14-10-5-3-4-6-12(10)24-15(14)18-17(19)25-13-9-26(22,23)8-11(13)20/h2,11,13,20H,1,3-9H2/t11-,13+/m0/s1. The van der Waals surface area contributed by atoms with Crippen LogP contribution < -0.4 is 5.56 Å². The van der Waals surface area contributed by atoms with Crippen LogP contribution >= 0.6 is 23.1 Å². The highest BCUT2D eigenvalue weighted by Crippen LogP contribution is 2.36. The van der Waals surface area contributed by atoms with Crippen molar-refractivity contribution in [3.05, 3.63) is 33.4 Å². The molecule has 1 aliphatic heterocycles. The molecule has 26 heavy (non-hydrogen) atoms. The topological polar surface area (TPSA) is 89.3 Å². The van der Waals surface area contributed by atoms with Crippen molar-refractivity contribution in [3.8, 4) is 0 Å². The number of aliphatic hydroxyl groups excluding tert-OH is 1. The molecule has 4 rings (SSSR count). The number of aryl methyl sites for hydroxylation is 2. The number of thiophene rings is 1. The van der Waals surface area contributed by atoms with Gasteiger partial charge in [-0.1, -0.05) is 17.8 Å². The van der Waals surface area contributed by atoms with Gasteiger partial charge in [0, 0.05) is 11.4 Å². The van der Waals surface area contributed by atoms with Crippen molar-refractivity contribution < 1.29 is 13.5 Å². The molecular weight excluding hydrogens is 392 g/mol. The Morgan fingerprint density at radius 1 is 1.35 bits per heavy atom. The molecule has 140 valence electrons. The van der Waals surface area contributed by atoms with Gasteiger partial charge in [-0.2, -0.15) is 0 Å². The maximum absolute atomic E-state index is 13.1. The molecule has 0 spiro atoms. The largest absolute Gasteiger partial charge is 0.391 e. The average molecular weight is 413 g/mol. The Bertz CT molecular complexity index is 1040. The molecule has 0 aromatic carbocycles. The van der Waals surface area contributed by atoms with Crippen molar-refractivity contribution in [1.29, 1.82) is 0 Å². The third kappa shape index (κ3) is 3.15. The number of hydrogen-bond donors (Lipinski definition) is 1. The van der Waals surface area contributed by atoms with Gasteiger partial charge in [-0.05, 0) is 31.2 Å². The number of hydrogen-bond acceptors (Lipinski definition) is 7. The highest BCUT2D eigenvalue weighted by atomic mass is 32.2. The van der Waals surface area contributed by atoms with E-state index in [1.807, 2.05) is 0 Å². The summed E-state index contributed by atoms with van der Waals surface area (Å²) in [5, 5.41) is 10.7. The van der Waals surface area contributed by atoms with Crippen LogP contribution in [0.4, 0.5) is 0 Å². The predicted octanol–water partition coefficient (Wildman–Crippen LogP) is 1.77. The number of aromatic nitrogens is 2. The van der Waals surface area contributed by atoms with Crippen LogP contribution in [0.15, 0.2) is 22.6 Å².